The van der Waals surface area contributed by atoms with Crippen molar-refractivity contribution >= 4 is 9.84 Å². The molecule has 3 aromatic rings. The highest BCUT2D eigenvalue weighted by molar-refractivity contribution is 7.91. The zero-order valence-electron chi connectivity index (χ0n) is 14.8. The third-order valence-corrected chi connectivity index (χ3v) is 6.03. The molecule has 2 N–H and O–H groups in total. The second-order valence-electron chi connectivity index (χ2n) is 6.30. The van der Waals surface area contributed by atoms with E-state index in [1.54, 1.807) is 24.3 Å². The van der Waals surface area contributed by atoms with Crippen molar-refractivity contribution in [3.63, 3.8) is 0 Å². The average Bonchev–Trinajstić information content (AvgIpc) is 3.11. The molecule has 1 aromatic heterocycles. The number of H-pyrrole nitrogens is 1. The van der Waals surface area contributed by atoms with Crippen molar-refractivity contribution in [2.45, 2.75) is 24.8 Å². The van der Waals surface area contributed by atoms with Crippen LogP contribution in [0.15, 0.2) is 65.7 Å². The van der Waals surface area contributed by atoms with Gasteiger partial charge in [0.25, 0.3) is 0 Å². The Morgan fingerprint density at radius 2 is 1.88 bits per heavy atom. The Balaban J connectivity index is 1.52. The zero-order chi connectivity index (χ0) is 18.4. The van der Waals surface area contributed by atoms with E-state index in [0.29, 0.717) is 24.4 Å². The summed E-state index contributed by atoms with van der Waals surface area (Å²) >= 11 is 0. The van der Waals surface area contributed by atoms with E-state index in [-0.39, 0.29) is 5.75 Å². The van der Waals surface area contributed by atoms with Crippen molar-refractivity contribution in [3.8, 4) is 11.3 Å². The third kappa shape index (κ3) is 4.59. The molecule has 0 saturated carbocycles. The summed E-state index contributed by atoms with van der Waals surface area (Å²) in [5.41, 5.74) is 4.37. The van der Waals surface area contributed by atoms with Crippen molar-refractivity contribution < 1.29 is 8.42 Å². The molecule has 0 radical (unpaired) electrons. The van der Waals surface area contributed by atoms with Gasteiger partial charge >= 0.3 is 0 Å². The van der Waals surface area contributed by atoms with E-state index in [1.165, 1.54) is 5.56 Å². The molecule has 0 aliphatic rings. The Bertz CT molecular complexity index is 950. The predicted octanol–water partition coefficient (Wildman–Crippen LogP) is 3.34. The molecule has 0 unspecified atom stereocenters. The Morgan fingerprint density at radius 3 is 2.65 bits per heavy atom. The minimum absolute atomic E-state index is 0.139. The number of rotatable bonds is 8. The summed E-state index contributed by atoms with van der Waals surface area (Å²) in [6.07, 6.45) is 2.38. The summed E-state index contributed by atoms with van der Waals surface area (Å²) in [7, 11) is -3.21. The van der Waals surface area contributed by atoms with E-state index in [9.17, 15) is 8.42 Å². The quantitative estimate of drug-likeness (QED) is 0.597. The first-order valence-corrected chi connectivity index (χ1v) is 10.3. The van der Waals surface area contributed by atoms with Gasteiger partial charge in [-0.1, -0.05) is 42.0 Å². The molecule has 0 amide bonds. The number of hydrogen-bond acceptors (Lipinski definition) is 4. The lowest BCUT2D eigenvalue weighted by molar-refractivity contribution is 0.589. The second-order valence-corrected chi connectivity index (χ2v) is 8.41. The monoisotopic (exact) mass is 369 g/mol. The number of sulfone groups is 1. The van der Waals surface area contributed by atoms with E-state index in [2.05, 4.69) is 40.6 Å². The number of hydrogen-bond donors (Lipinski definition) is 2. The first-order chi connectivity index (χ1) is 12.6. The average molecular weight is 369 g/mol. The molecule has 0 spiro atoms. The van der Waals surface area contributed by atoms with Gasteiger partial charge in [-0.3, -0.25) is 5.10 Å². The number of nitrogens with zero attached hydrogens (tertiary/aromatic N) is 1. The molecular formula is C20H23N3O2S. The first kappa shape index (κ1) is 18.4. The maximum Gasteiger partial charge on any atom is 0.178 e. The van der Waals surface area contributed by atoms with Crippen molar-refractivity contribution in [1.82, 2.24) is 15.5 Å². The Labute approximate surface area is 154 Å². The summed E-state index contributed by atoms with van der Waals surface area (Å²) < 4.78 is 24.5. The van der Waals surface area contributed by atoms with Crippen molar-refractivity contribution in [3.05, 3.63) is 71.9 Å². The van der Waals surface area contributed by atoms with E-state index in [1.807, 2.05) is 18.3 Å². The van der Waals surface area contributed by atoms with Gasteiger partial charge in [-0.05, 0) is 38.1 Å². The van der Waals surface area contributed by atoms with Gasteiger partial charge in [-0.15, -0.1) is 0 Å². The van der Waals surface area contributed by atoms with Gasteiger partial charge in [0.05, 0.1) is 22.5 Å². The molecule has 2 aromatic carbocycles. The fourth-order valence-corrected chi connectivity index (χ4v) is 4.18. The third-order valence-electron chi connectivity index (χ3n) is 4.21. The molecule has 0 fully saturated rings. The highest BCUT2D eigenvalue weighted by Crippen LogP contribution is 2.21. The van der Waals surface area contributed by atoms with E-state index < -0.39 is 9.84 Å². The van der Waals surface area contributed by atoms with Gasteiger partial charge in [-0.2, -0.15) is 5.10 Å². The van der Waals surface area contributed by atoms with Crippen LogP contribution in [0.25, 0.3) is 11.3 Å². The van der Waals surface area contributed by atoms with Crippen LogP contribution < -0.4 is 5.32 Å². The molecule has 26 heavy (non-hydrogen) atoms. The lowest BCUT2D eigenvalue weighted by atomic mass is 10.1. The van der Waals surface area contributed by atoms with E-state index >= 15 is 0 Å². The molecule has 136 valence electrons. The standard InChI is InChI=1S/C20H23N3O2S/c1-16-7-5-8-17(13-16)20-18(15-22-23-20)14-21-11-6-12-26(24,25)19-9-3-2-4-10-19/h2-5,7-10,13,15,21H,6,11-12,14H2,1H3,(H,22,23). The van der Waals surface area contributed by atoms with Crippen LogP contribution in [-0.2, 0) is 16.4 Å². The van der Waals surface area contributed by atoms with Gasteiger partial charge < -0.3 is 5.32 Å². The van der Waals surface area contributed by atoms with Crippen LogP contribution in [0.2, 0.25) is 0 Å². The summed E-state index contributed by atoms with van der Waals surface area (Å²) in [6, 6.07) is 16.8. The van der Waals surface area contributed by atoms with Crippen LogP contribution in [0.1, 0.15) is 17.5 Å². The number of aromatic amines is 1. The van der Waals surface area contributed by atoms with Gasteiger partial charge in [0.1, 0.15) is 0 Å². The summed E-state index contributed by atoms with van der Waals surface area (Å²) in [4.78, 5) is 0.386. The molecule has 1 heterocycles. The highest BCUT2D eigenvalue weighted by atomic mass is 32.2. The van der Waals surface area contributed by atoms with Crippen LogP contribution in [0.3, 0.4) is 0 Å². The lowest BCUT2D eigenvalue weighted by Gasteiger charge is -2.07. The Hall–Kier alpha value is -2.44. The van der Waals surface area contributed by atoms with Crippen molar-refractivity contribution in [1.29, 1.82) is 0 Å². The van der Waals surface area contributed by atoms with Crippen molar-refractivity contribution in [2.75, 3.05) is 12.3 Å². The lowest BCUT2D eigenvalue weighted by Crippen LogP contribution is -2.18. The van der Waals surface area contributed by atoms with Gasteiger partial charge in [0, 0.05) is 17.7 Å². The minimum atomic E-state index is -3.21. The molecule has 0 atom stereocenters. The normalized spacial score (nSPS) is 11.6. The molecule has 5 nitrogen and oxygen atoms in total. The summed E-state index contributed by atoms with van der Waals surface area (Å²) in [6.45, 7) is 3.33. The second kappa shape index (κ2) is 8.29. The number of nitrogens with one attached hydrogen (secondary N) is 2. The van der Waals surface area contributed by atoms with Crippen molar-refractivity contribution in [2.24, 2.45) is 0 Å². The zero-order valence-corrected chi connectivity index (χ0v) is 15.6. The predicted molar refractivity (Wildman–Crippen MR) is 104 cm³/mol. The summed E-state index contributed by atoms with van der Waals surface area (Å²) in [5.74, 6) is 0.139. The maximum atomic E-state index is 12.3. The topological polar surface area (TPSA) is 74.8 Å². The number of aryl methyl sites for hydroxylation is 1. The SMILES string of the molecule is Cc1cccc(-c2[nH]ncc2CNCCCS(=O)(=O)c2ccccc2)c1. The molecule has 0 aliphatic carbocycles. The van der Waals surface area contributed by atoms with Crippen LogP contribution in [0.4, 0.5) is 0 Å². The van der Waals surface area contributed by atoms with Crippen LogP contribution in [0, 0.1) is 6.92 Å². The fourth-order valence-electron chi connectivity index (χ4n) is 2.85. The number of aromatic nitrogens is 2. The summed E-state index contributed by atoms with van der Waals surface area (Å²) in [5, 5.41) is 10.5. The largest absolute Gasteiger partial charge is 0.313 e. The smallest absolute Gasteiger partial charge is 0.178 e. The molecule has 0 bridgehead atoms. The van der Waals surface area contributed by atoms with E-state index in [4.69, 9.17) is 0 Å². The molecule has 0 aliphatic heterocycles. The Kier molecular flexibility index (Phi) is 5.85. The van der Waals surface area contributed by atoms with E-state index in [0.717, 1.165) is 16.8 Å². The fraction of sp³-hybridized carbons (Fsp3) is 0.250. The van der Waals surface area contributed by atoms with Crippen LogP contribution >= 0.6 is 0 Å². The molecule has 3 rings (SSSR count). The Morgan fingerprint density at radius 1 is 1.08 bits per heavy atom. The highest BCUT2D eigenvalue weighted by Gasteiger charge is 2.13. The van der Waals surface area contributed by atoms with Gasteiger partial charge in [-0.25, -0.2) is 8.42 Å². The minimum Gasteiger partial charge on any atom is -0.313 e. The number of benzene rings is 2. The molecule has 6 heteroatoms. The van der Waals surface area contributed by atoms with Gasteiger partial charge in [0.2, 0.25) is 0 Å². The molecular weight excluding hydrogens is 346 g/mol. The maximum absolute atomic E-state index is 12.3. The van der Waals surface area contributed by atoms with Crippen LogP contribution in [-0.4, -0.2) is 30.9 Å². The van der Waals surface area contributed by atoms with Gasteiger partial charge in [0.15, 0.2) is 9.84 Å². The van der Waals surface area contributed by atoms with Crippen LogP contribution in [0.5, 0.6) is 0 Å². The first-order valence-electron chi connectivity index (χ1n) is 8.64. The molecule has 0 saturated heterocycles.